The topological polar surface area (TPSA) is 33.0 Å². The van der Waals surface area contributed by atoms with Crippen molar-refractivity contribution in [2.45, 2.75) is 26.2 Å². The number of benzene rings is 3. The Morgan fingerprint density at radius 3 is 2.27 bits per heavy atom. The molecule has 1 aliphatic rings. The maximum atomic E-state index is 9.13. The highest BCUT2D eigenvalue weighted by molar-refractivity contribution is 5.94. The van der Waals surface area contributed by atoms with Gasteiger partial charge in [0.1, 0.15) is 5.76 Å². The Kier molecular flexibility index (Phi) is 5.82. The van der Waals surface area contributed by atoms with Gasteiger partial charge in [-0.25, -0.2) is 0 Å². The van der Waals surface area contributed by atoms with Gasteiger partial charge in [-0.15, -0.1) is 0 Å². The summed E-state index contributed by atoms with van der Waals surface area (Å²) in [5.74, 6) is 0.905. The molecule has 0 spiro atoms. The first kappa shape index (κ1) is 19.7. The second-order valence-electron chi connectivity index (χ2n) is 7.63. The second-order valence-corrected chi connectivity index (χ2v) is 7.63. The van der Waals surface area contributed by atoms with Crippen LogP contribution in [0.15, 0.2) is 78.9 Å². The van der Waals surface area contributed by atoms with Crippen LogP contribution in [0.2, 0.25) is 0 Å². The van der Waals surface area contributed by atoms with E-state index < -0.39 is 0 Å². The highest BCUT2D eigenvalue weighted by Crippen LogP contribution is 2.36. The fraction of sp³-hybridized carbons (Fsp3) is 0.179. The summed E-state index contributed by atoms with van der Waals surface area (Å²) in [6, 6.07) is 25.1. The SMILES string of the molecule is CO/C1=C(c2ccc(C)cc2)/C=C\CCCc2c1cccc2-c1ccc(C#N)cc1. The molecule has 0 aliphatic heterocycles. The molecule has 0 N–H and O–H groups in total. The van der Waals surface area contributed by atoms with Crippen LogP contribution in [0.1, 0.15) is 40.7 Å². The largest absolute Gasteiger partial charge is 0.495 e. The fourth-order valence-electron chi connectivity index (χ4n) is 4.06. The number of methoxy groups -OCH3 is 1. The summed E-state index contributed by atoms with van der Waals surface area (Å²) in [4.78, 5) is 0. The first-order valence-corrected chi connectivity index (χ1v) is 10.4. The number of hydrogen-bond acceptors (Lipinski definition) is 2. The van der Waals surface area contributed by atoms with Gasteiger partial charge >= 0.3 is 0 Å². The summed E-state index contributed by atoms with van der Waals surface area (Å²) < 4.78 is 6.02. The molecule has 3 aromatic rings. The zero-order valence-corrected chi connectivity index (χ0v) is 17.5. The Labute approximate surface area is 178 Å². The molecule has 2 nitrogen and oxygen atoms in total. The number of rotatable bonds is 3. The molecular formula is C28H25NO. The van der Waals surface area contributed by atoms with E-state index in [-0.39, 0.29) is 0 Å². The lowest BCUT2D eigenvalue weighted by atomic mass is 9.89. The van der Waals surface area contributed by atoms with Gasteiger partial charge in [-0.05, 0) is 60.6 Å². The van der Waals surface area contributed by atoms with E-state index in [0.717, 1.165) is 47.3 Å². The Bertz CT molecular complexity index is 1140. The van der Waals surface area contributed by atoms with Crippen molar-refractivity contribution in [3.05, 3.63) is 107 Å². The monoisotopic (exact) mass is 391 g/mol. The lowest BCUT2D eigenvalue weighted by molar-refractivity contribution is 0.371. The van der Waals surface area contributed by atoms with Gasteiger partial charge in [-0.1, -0.05) is 72.3 Å². The molecule has 0 saturated carbocycles. The quantitative estimate of drug-likeness (QED) is 0.484. The number of allylic oxidation sites excluding steroid dienone is 3. The van der Waals surface area contributed by atoms with Gasteiger partial charge in [-0.3, -0.25) is 0 Å². The smallest absolute Gasteiger partial charge is 0.134 e. The van der Waals surface area contributed by atoms with Crippen LogP contribution in [-0.4, -0.2) is 7.11 Å². The van der Waals surface area contributed by atoms with E-state index in [9.17, 15) is 0 Å². The van der Waals surface area contributed by atoms with Crippen molar-refractivity contribution in [2.75, 3.05) is 7.11 Å². The van der Waals surface area contributed by atoms with Crippen molar-refractivity contribution in [3.63, 3.8) is 0 Å². The normalized spacial score (nSPS) is 17.1. The van der Waals surface area contributed by atoms with Crippen LogP contribution in [0, 0.1) is 18.3 Å². The lowest BCUT2D eigenvalue weighted by Crippen LogP contribution is -2.01. The number of ether oxygens (including phenoxy) is 1. The molecule has 0 fully saturated rings. The zero-order valence-electron chi connectivity index (χ0n) is 17.5. The van der Waals surface area contributed by atoms with E-state index in [1.54, 1.807) is 7.11 Å². The van der Waals surface area contributed by atoms with E-state index >= 15 is 0 Å². The molecule has 3 aromatic carbocycles. The molecule has 0 heterocycles. The number of nitrogens with zero attached hydrogens (tertiary/aromatic N) is 1. The molecule has 0 aromatic heterocycles. The van der Waals surface area contributed by atoms with E-state index in [2.05, 4.69) is 67.6 Å². The summed E-state index contributed by atoms with van der Waals surface area (Å²) in [5.41, 5.74) is 8.96. The van der Waals surface area contributed by atoms with Crippen LogP contribution in [0.5, 0.6) is 0 Å². The van der Waals surface area contributed by atoms with E-state index in [4.69, 9.17) is 10.00 Å². The fourth-order valence-corrected chi connectivity index (χ4v) is 4.06. The highest BCUT2D eigenvalue weighted by atomic mass is 16.5. The molecule has 0 amide bonds. The standard InChI is InChI=1S/C28H25NO/c1-20-11-15-23(16-12-20)25-7-4-3-5-8-26-24(9-6-10-27(26)28(25)30-2)22-17-13-21(19-29)14-18-22/h4,6-7,9-18H,3,5,8H2,1-2H3/b7-4-,28-25-. The van der Waals surface area contributed by atoms with Gasteiger partial charge in [0, 0.05) is 11.1 Å². The van der Waals surface area contributed by atoms with Gasteiger partial charge in [0.05, 0.1) is 18.7 Å². The molecule has 0 unspecified atom stereocenters. The summed E-state index contributed by atoms with van der Waals surface area (Å²) in [5, 5.41) is 9.13. The summed E-state index contributed by atoms with van der Waals surface area (Å²) in [7, 11) is 1.76. The lowest BCUT2D eigenvalue weighted by Gasteiger charge is -2.19. The minimum atomic E-state index is 0.678. The van der Waals surface area contributed by atoms with Gasteiger partial charge in [0.15, 0.2) is 0 Å². The molecule has 30 heavy (non-hydrogen) atoms. The van der Waals surface area contributed by atoms with Crippen LogP contribution in [0.4, 0.5) is 0 Å². The predicted molar refractivity (Wildman–Crippen MR) is 124 cm³/mol. The molecule has 0 bridgehead atoms. The number of fused-ring (bicyclic) bond motifs is 1. The van der Waals surface area contributed by atoms with E-state index in [1.165, 1.54) is 16.7 Å². The Morgan fingerprint density at radius 1 is 0.867 bits per heavy atom. The number of nitriles is 1. The third-order valence-corrected chi connectivity index (χ3v) is 5.64. The summed E-state index contributed by atoms with van der Waals surface area (Å²) in [6.07, 6.45) is 7.53. The predicted octanol–water partition coefficient (Wildman–Crippen LogP) is 6.94. The number of aryl methyl sites for hydroxylation is 1. The van der Waals surface area contributed by atoms with Crippen LogP contribution in [0.3, 0.4) is 0 Å². The maximum absolute atomic E-state index is 9.13. The van der Waals surface area contributed by atoms with Crippen molar-refractivity contribution in [1.82, 2.24) is 0 Å². The molecule has 0 radical (unpaired) electrons. The molecular weight excluding hydrogens is 366 g/mol. The Hall–Kier alpha value is -3.57. The van der Waals surface area contributed by atoms with Gasteiger partial charge < -0.3 is 4.74 Å². The van der Waals surface area contributed by atoms with E-state index in [0.29, 0.717) is 5.56 Å². The summed E-state index contributed by atoms with van der Waals surface area (Å²) in [6.45, 7) is 2.10. The molecule has 0 saturated heterocycles. The average molecular weight is 392 g/mol. The van der Waals surface area contributed by atoms with Crippen LogP contribution < -0.4 is 0 Å². The minimum absolute atomic E-state index is 0.678. The third kappa shape index (κ3) is 3.93. The zero-order chi connectivity index (χ0) is 20.9. The highest BCUT2D eigenvalue weighted by Gasteiger charge is 2.18. The van der Waals surface area contributed by atoms with Gasteiger partial charge in [-0.2, -0.15) is 5.26 Å². The average Bonchev–Trinajstić information content (AvgIpc) is 2.88. The first-order valence-electron chi connectivity index (χ1n) is 10.4. The van der Waals surface area contributed by atoms with Gasteiger partial charge in [0.2, 0.25) is 0 Å². The first-order chi connectivity index (χ1) is 14.7. The van der Waals surface area contributed by atoms with Crippen molar-refractivity contribution in [3.8, 4) is 17.2 Å². The maximum Gasteiger partial charge on any atom is 0.134 e. The van der Waals surface area contributed by atoms with E-state index in [1.807, 2.05) is 24.3 Å². The van der Waals surface area contributed by atoms with Crippen LogP contribution in [0.25, 0.3) is 22.5 Å². The molecule has 2 heteroatoms. The van der Waals surface area contributed by atoms with Crippen molar-refractivity contribution in [2.24, 2.45) is 0 Å². The van der Waals surface area contributed by atoms with Crippen LogP contribution >= 0.6 is 0 Å². The van der Waals surface area contributed by atoms with Gasteiger partial charge in [0.25, 0.3) is 0 Å². The molecule has 148 valence electrons. The van der Waals surface area contributed by atoms with Crippen molar-refractivity contribution >= 4 is 11.3 Å². The summed E-state index contributed by atoms with van der Waals surface area (Å²) >= 11 is 0. The second kappa shape index (κ2) is 8.84. The van der Waals surface area contributed by atoms with Crippen LogP contribution in [-0.2, 0) is 11.2 Å². The van der Waals surface area contributed by atoms with Crippen molar-refractivity contribution in [1.29, 1.82) is 5.26 Å². The molecule has 0 atom stereocenters. The third-order valence-electron chi connectivity index (χ3n) is 5.64. The Morgan fingerprint density at radius 2 is 1.57 bits per heavy atom. The number of hydrogen-bond donors (Lipinski definition) is 0. The molecule has 1 aliphatic carbocycles. The Balaban J connectivity index is 1.93. The molecule has 4 rings (SSSR count). The minimum Gasteiger partial charge on any atom is -0.495 e. The van der Waals surface area contributed by atoms with Crippen molar-refractivity contribution < 1.29 is 4.74 Å².